The third-order valence-electron chi connectivity index (χ3n) is 5.06. The summed E-state index contributed by atoms with van der Waals surface area (Å²) in [6, 6.07) is 14.2. The molecule has 1 saturated carbocycles. The third kappa shape index (κ3) is 6.59. The van der Waals surface area contributed by atoms with Crippen molar-refractivity contribution >= 4 is 34.8 Å². The molecule has 158 valence electrons. The molecule has 30 heavy (non-hydrogen) atoms. The average molecular weight is 428 g/mol. The number of ether oxygens (including phenoxy) is 1. The normalized spacial score (nSPS) is 14.8. The van der Waals surface area contributed by atoms with Crippen LogP contribution in [0.1, 0.15) is 44.6 Å². The molecule has 1 aliphatic carbocycles. The summed E-state index contributed by atoms with van der Waals surface area (Å²) in [6.45, 7) is 1.64. The maximum atomic E-state index is 12.5. The van der Waals surface area contributed by atoms with Gasteiger partial charge in [-0.3, -0.25) is 9.59 Å². The van der Waals surface area contributed by atoms with Gasteiger partial charge in [-0.25, -0.2) is 5.43 Å². The minimum Gasteiger partial charge on any atom is -0.484 e. The number of nitrogens with zero attached hydrogens (tertiary/aromatic N) is 1. The number of hydrazone groups is 1. The van der Waals surface area contributed by atoms with Crippen molar-refractivity contribution in [3.05, 3.63) is 59.1 Å². The lowest BCUT2D eigenvalue weighted by Crippen LogP contribution is -2.26. The van der Waals surface area contributed by atoms with Gasteiger partial charge in [0.2, 0.25) is 5.91 Å². The van der Waals surface area contributed by atoms with Crippen molar-refractivity contribution in [1.29, 1.82) is 0 Å². The molecule has 2 aromatic carbocycles. The third-order valence-corrected chi connectivity index (χ3v) is 5.31. The van der Waals surface area contributed by atoms with Crippen molar-refractivity contribution in [3.63, 3.8) is 0 Å². The molecular weight excluding hydrogens is 402 g/mol. The molecule has 7 heteroatoms. The minimum atomic E-state index is -0.369. The van der Waals surface area contributed by atoms with Gasteiger partial charge in [-0.1, -0.05) is 43.0 Å². The molecule has 0 unspecified atom stereocenters. The number of halogens is 1. The fourth-order valence-corrected chi connectivity index (χ4v) is 3.48. The first-order chi connectivity index (χ1) is 14.5. The van der Waals surface area contributed by atoms with Gasteiger partial charge in [-0.2, -0.15) is 5.10 Å². The Bertz CT molecular complexity index is 906. The van der Waals surface area contributed by atoms with Gasteiger partial charge in [0.05, 0.1) is 5.71 Å². The number of carbonyl (C=O) groups is 2. The zero-order valence-corrected chi connectivity index (χ0v) is 17.7. The molecule has 0 bridgehead atoms. The van der Waals surface area contributed by atoms with Crippen LogP contribution in [-0.2, 0) is 9.59 Å². The fourth-order valence-electron chi connectivity index (χ4n) is 3.35. The van der Waals surface area contributed by atoms with Gasteiger partial charge in [0.1, 0.15) is 5.75 Å². The number of hydrogen-bond donors (Lipinski definition) is 2. The highest BCUT2D eigenvalue weighted by molar-refractivity contribution is 6.30. The van der Waals surface area contributed by atoms with Gasteiger partial charge in [0, 0.05) is 16.6 Å². The summed E-state index contributed by atoms with van der Waals surface area (Å²) >= 11 is 5.82. The Morgan fingerprint density at radius 3 is 2.57 bits per heavy atom. The van der Waals surface area contributed by atoms with Crippen molar-refractivity contribution in [3.8, 4) is 5.75 Å². The Kier molecular flexibility index (Phi) is 7.85. The van der Waals surface area contributed by atoms with Crippen LogP contribution in [0, 0.1) is 5.92 Å². The second-order valence-corrected chi connectivity index (χ2v) is 7.82. The molecule has 0 saturated heterocycles. The van der Waals surface area contributed by atoms with Crippen LogP contribution >= 0.6 is 11.6 Å². The van der Waals surface area contributed by atoms with Crippen molar-refractivity contribution in [2.75, 3.05) is 11.9 Å². The second-order valence-electron chi connectivity index (χ2n) is 7.38. The molecule has 1 fully saturated rings. The Labute approximate surface area is 181 Å². The molecule has 2 aromatic rings. The zero-order chi connectivity index (χ0) is 21.3. The standard InChI is InChI=1S/C23H26ClN3O3/c1-16(26-27-22(28)15-30-21-12-10-19(24)11-13-21)18-8-5-9-20(14-18)25-23(29)17-6-3-2-4-7-17/h5,8-14,17H,2-4,6-7,15H2,1H3,(H,25,29)(H,27,28). The molecule has 0 atom stereocenters. The van der Waals surface area contributed by atoms with E-state index in [1.165, 1.54) is 6.42 Å². The van der Waals surface area contributed by atoms with Crippen LogP contribution in [0.2, 0.25) is 5.02 Å². The van der Waals surface area contributed by atoms with E-state index in [4.69, 9.17) is 16.3 Å². The highest BCUT2D eigenvalue weighted by Crippen LogP contribution is 2.25. The van der Waals surface area contributed by atoms with E-state index in [1.807, 2.05) is 24.3 Å². The molecule has 0 heterocycles. The smallest absolute Gasteiger partial charge is 0.277 e. The molecule has 0 aliphatic heterocycles. The van der Waals surface area contributed by atoms with Crippen molar-refractivity contribution in [1.82, 2.24) is 5.43 Å². The van der Waals surface area contributed by atoms with Crippen LogP contribution < -0.4 is 15.5 Å². The number of hydrogen-bond acceptors (Lipinski definition) is 4. The van der Waals surface area contributed by atoms with Crippen LogP contribution in [0.3, 0.4) is 0 Å². The lowest BCUT2D eigenvalue weighted by molar-refractivity contribution is -0.123. The highest BCUT2D eigenvalue weighted by atomic mass is 35.5. The maximum absolute atomic E-state index is 12.5. The van der Waals surface area contributed by atoms with Crippen molar-refractivity contribution in [2.24, 2.45) is 11.0 Å². The van der Waals surface area contributed by atoms with Crippen LogP contribution in [0.5, 0.6) is 5.75 Å². The first kappa shape index (κ1) is 21.8. The van der Waals surface area contributed by atoms with Gasteiger partial charge in [0.25, 0.3) is 5.91 Å². The number of nitrogens with one attached hydrogen (secondary N) is 2. The second kappa shape index (κ2) is 10.8. The lowest BCUT2D eigenvalue weighted by Gasteiger charge is -2.20. The number of amides is 2. The molecule has 2 amide bonds. The van der Waals surface area contributed by atoms with E-state index in [0.717, 1.165) is 36.9 Å². The van der Waals surface area contributed by atoms with Gasteiger partial charge < -0.3 is 10.1 Å². The molecule has 6 nitrogen and oxygen atoms in total. The average Bonchev–Trinajstić information content (AvgIpc) is 2.78. The monoisotopic (exact) mass is 427 g/mol. The van der Waals surface area contributed by atoms with E-state index in [0.29, 0.717) is 16.5 Å². The quantitative estimate of drug-likeness (QED) is 0.493. The highest BCUT2D eigenvalue weighted by Gasteiger charge is 2.21. The topological polar surface area (TPSA) is 79.8 Å². The summed E-state index contributed by atoms with van der Waals surface area (Å²) in [5.41, 5.74) is 4.66. The van der Waals surface area contributed by atoms with Crippen LogP contribution in [0.4, 0.5) is 5.69 Å². The molecule has 0 spiro atoms. The Morgan fingerprint density at radius 1 is 1.10 bits per heavy atom. The summed E-state index contributed by atoms with van der Waals surface area (Å²) in [5, 5.41) is 7.74. The van der Waals surface area contributed by atoms with E-state index in [1.54, 1.807) is 31.2 Å². The van der Waals surface area contributed by atoms with E-state index in [-0.39, 0.29) is 24.3 Å². The summed E-state index contributed by atoms with van der Waals surface area (Å²) in [6.07, 6.45) is 5.36. The number of benzene rings is 2. The molecule has 3 rings (SSSR count). The summed E-state index contributed by atoms with van der Waals surface area (Å²) < 4.78 is 5.39. The molecule has 0 aromatic heterocycles. The van der Waals surface area contributed by atoms with E-state index in [2.05, 4.69) is 15.8 Å². The summed E-state index contributed by atoms with van der Waals surface area (Å²) in [5.74, 6) is 0.355. The Balaban J connectivity index is 1.52. The van der Waals surface area contributed by atoms with Crippen molar-refractivity contribution in [2.45, 2.75) is 39.0 Å². The predicted molar refractivity (Wildman–Crippen MR) is 119 cm³/mol. The van der Waals surface area contributed by atoms with Crippen molar-refractivity contribution < 1.29 is 14.3 Å². The fraction of sp³-hybridized carbons (Fsp3) is 0.348. The first-order valence-corrected chi connectivity index (χ1v) is 10.5. The van der Waals surface area contributed by atoms with Gasteiger partial charge in [-0.05, 0) is 61.7 Å². The van der Waals surface area contributed by atoms with E-state index < -0.39 is 0 Å². The van der Waals surface area contributed by atoms with E-state index >= 15 is 0 Å². The molecule has 1 aliphatic rings. The van der Waals surface area contributed by atoms with Gasteiger partial charge in [0.15, 0.2) is 6.61 Å². The molecular formula is C23H26ClN3O3. The largest absolute Gasteiger partial charge is 0.484 e. The first-order valence-electron chi connectivity index (χ1n) is 10.1. The number of carbonyl (C=O) groups excluding carboxylic acids is 2. The SMILES string of the molecule is CC(=NNC(=O)COc1ccc(Cl)cc1)c1cccc(NC(=O)C2CCCCC2)c1. The predicted octanol–water partition coefficient (Wildman–Crippen LogP) is 4.78. The van der Waals surface area contributed by atoms with Crippen LogP contribution in [-0.4, -0.2) is 24.1 Å². The van der Waals surface area contributed by atoms with Crippen LogP contribution in [0.25, 0.3) is 0 Å². The number of anilines is 1. The van der Waals surface area contributed by atoms with Crippen LogP contribution in [0.15, 0.2) is 53.6 Å². The number of rotatable bonds is 7. The van der Waals surface area contributed by atoms with E-state index in [9.17, 15) is 9.59 Å². The summed E-state index contributed by atoms with van der Waals surface area (Å²) in [4.78, 5) is 24.4. The Hall–Kier alpha value is -2.86. The molecule has 0 radical (unpaired) electrons. The summed E-state index contributed by atoms with van der Waals surface area (Å²) in [7, 11) is 0. The maximum Gasteiger partial charge on any atom is 0.277 e. The zero-order valence-electron chi connectivity index (χ0n) is 17.0. The Morgan fingerprint density at radius 2 is 1.83 bits per heavy atom. The lowest BCUT2D eigenvalue weighted by atomic mass is 9.88. The minimum absolute atomic E-state index is 0.0779. The van der Waals surface area contributed by atoms with Gasteiger partial charge >= 0.3 is 0 Å². The van der Waals surface area contributed by atoms with Gasteiger partial charge in [-0.15, -0.1) is 0 Å². The molecule has 2 N–H and O–H groups in total.